The zero-order chi connectivity index (χ0) is 19.8. The van der Waals surface area contributed by atoms with Crippen molar-refractivity contribution in [1.29, 1.82) is 0 Å². The van der Waals surface area contributed by atoms with Gasteiger partial charge >= 0.3 is 0 Å². The molecule has 0 unspecified atom stereocenters. The number of thiophene rings is 1. The molecule has 0 spiro atoms. The molecule has 0 N–H and O–H groups in total. The maximum absolute atomic E-state index is 13.1. The number of halogens is 1. The van der Waals surface area contributed by atoms with E-state index in [1.54, 1.807) is 11.3 Å². The van der Waals surface area contributed by atoms with Crippen molar-refractivity contribution in [2.45, 2.75) is 32.9 Å². The third kappa shape index (κ3) is 3.87. The Morgan fingerprint density at radius 2 is 1.82 bits per heavy atom. The Balaban J connectivity index is 1.40. The Labute approximate surface area is 174 Å². The highest BCUT2D eigenvalue weighted by molar-refractivity contribution is 7.16. The van der Waals surface area contributed by atoms with E-state index in [4.69, 9.17) is 11.6 Å². The van der Waals surface area contributed by atoms with Crippen LogP contribution in [0.1, 0.15) is 22.4 Å². The maximum Gasteiger partial charge on any atom is 0.251 e. The van der Waals surface area contributed by atoms with Gasteiger partial charge in [0.1, 0.15) is 0 Å². The number of hydrogen-bond donors (Lipinski definition) is 0. The lowest BCUT2D eigenvalue weighted by Crippen LogP contribution is -2.52. The van der Waals surface area contributed by atoms with E-state index in [1.165, 1.54) is 9.78 Å². The average Bonchev–Trinajstić information content (AvgIpc) is 3.19. The summed E-state index contributed by atoms with van der Waals surface area (Å²) in [7, 11) is 0. The fraction of sp³-hybridized carbons (Fsp3) is 0.429. The number of hydrogen-bond acceptors (Lipinski definition) is 5. The molecule has 1 aromatic heterocycles. The highest BCUT2D eigenvalue weighted by atomic mass is 35.5. The van der Waals surface area contributed by atoms with E-state index in [-0.39, 0.29) is 24.3 Å². The van der Waals surface area contributed by atoms with E-state index >= 15 is 0 Å². The van der Waals surface area contributed by atoms with Gasteiger partial charge in [-0.3, -0.25) is 19.4 Å². The molecule has 2 saturated heterocycles. The number of benzene rings is 1. The quantitative estimate of drug-likeness (QED) is 0.714. The van der Waals surface area contributed by atoms with Gasteiger partial charge in [-0.05, 0) is 37.6 Å². The first-order chi connectivity index (χ1) is 13.4. The molecule has 4 rings (SSSR count). The third-order valence-corrected chi connectivity index (χ3v) is 6.79. The van der Waals surface area contributed by atoms with Crippen LogP contribution in [0.25, 0.3) is 0 Å². The minimum absolute atomic E-state index is 0.0876. The fourth-order valence-corrected chi connectivity index (χ4v) is 5.23. The predicted octanol–water partition coefficient (Wildman–Crippen LogP) is 3.47. The Morgan fingerprint density at radius 3 is 2.46 bits per heavy atom. The number of carbonyl (C=O) groups is 2. The normalized spacial score (nSPS) is 21.7. The van der Waals surface area contributed by atoms with E-state index in [0.29, 0.717) is 0 Å². The van der Waals surface area contributed by atoms with Crippen molar-refractivity contribution in [3.05, 3.63) is 50.7 Å². The number of anilines is 1. The molecule has 0 radical (unpaired) electrons. The summed E-state index contributed by atoms with van der Waals surface area (Å²) in [5.41, 5.74) is 2.80. The number of amides is 2. The van der Waals surface area contributed by atoms with Gasteiger partial charge in [-0.15, -0.1) is 11.3 Å². The van der Waals surface area contributed by atoms with Crippen molar-refractivity contribution in [3.63, 3.8) is 0 Å². The molecule has 0 aliphatic carbocycles. The minimum atomic E-state index is -0.341. The molecule has 0 bridgehead atoms. The van der Waals surface area contributed by atoms with Crippen molar-refractivity contribution in [2.24, 2.45) is 0 Å². The van der Waals surface area contributed by atoms with Crippen molar-refractivity contribution in [1.82, 2.24) is 9.80 Å². The SMILES string of the molecule is Cc1ccc(N2C(=O)C[C@H](N3CCN(Cc4ccc(Cl)s4)CC3)C2=O)c(C)c1. The Hall–Kier alpha value is -1.73. The first kappa shape index (κ1) is 19.6. The molecule has 7 heteroatoms. The van der Waals surface area contributed by atoms with Crippen LogP contribution in [0.5, 0.6) is 0 Å². The molecule has 0 saturated carbocycles. The molecule has 1 atom stereocenters. The van der Waals surface area contributed by atoms with Crippen molar-refractivity contribution < 1.29 is 9.59 Å². The largest absolute Gasteiger partial charge is 0.296 e. The molecule has 2 aliphatic rings. The smallest absolute Gasteiger partial charge is 0.251 e. The lowest BCUT2D eigenvalue weighted by Gasteiger charge is -2.36. The molecule has 2 fully saturated rings. The number of piperazine rings is 1. The molecule has 5 nitrogen and oxygen atoms in total. The van der Waals surface area contributed by atoms with Crippen LogP contribution in [0.15, 0.2) is 30.3 Å². The van der Waals surface area contributed by atoms with Gasteiger partial charge in [0.05, 0.1) is 22.5 Å². The second-order valence-electron chi connectivity index (χ2n) is 7.60. The maximum atomic E-state index is 13.1. The first-order valence-electron chi connectivity index (χ1n) is 9.57. The minimum Gasteiger partial charge on any atom is -0.296 e. The van der Waals surface area contributed by atoms with Crippen LogP contribution in [0, 0.1) is 13.8 Å². The number of aryl methyl sites for hydroxylation is 2. The average molecular weight is 418 g/mol. The van der Waals surface area contributed by atoms with Gasteiger partial charge in [0.15, 0.2) is 0 Å². The fourth-order valence-electron chi connectivity index (χ4n) is 4.10. The van der Waals surface area contributed by atoms with Crippen LogP contribution in [0.4, 0.5) is 5.69 Å². The molecule has 2 aromatic rings. The highest BCUT2D eigenvalue weighted by Crippen LogP contribution is 2.30. The molecule has 2 amide bonds. The van der Waals surface area contributed by atoms with Crippen molar-refractivity contribution >= 4 is 40.4 Å². The van der Waals surface area contributed by atoms with Gasteiger partial charge in [-0.2, -0.15) is 0 Å². The Kier molecular flexibility index (Phi) is 5.56. The van der Waals surface area contributed by atoms with Crippen LogP contribution in [-0.2, 0) is 16.1 Å². The van der Waals surface area contributed by atoms with Gasteiger partial charge < -0.3 is 0 Å². The predicted molar refractivity (Wildman–Crippen MR) is 113 cm³/mol. The molecule has 28 heavy (non-hydrogen) atoms. The molecule has 2 aliphatic heterocycles. The zero-order valence-corrected chi connectivity index (χ0v) is 17.7. The van der Waals surface area contributed by atoms with E-state index < -0.39 is 0 Å². The van der Waals surface area contributed by atoms with Crippen molar-refractivity contribution in [3.8, 4) is 0 Å². The first-order valence-corrected chi connectivity index (χ1v) is 10.8. The second-order valence-corrected chi connectivity index (χ2v) is 9.39. The van der Waals surface area contributed by atoms with Crippen LogP contribution < -0.4 is 4.90 Å². The standard InChI is InChI=1S/C21H24ClN3O2S/c1-14-3-5-17(15(2)11-14)25-20(26)12-18(21(25)27)24-9-7-23(8-10-24)13-16-4-6-19(22)28-16/h3-6,11,18H,7-10,12-13H2,1-2H3/t18-/m0/s1. The molecule has 148 valence electrons. The lowest BCUT2D eigenvalue weighted by molar-refractivity contribution is -0.123. The van der Waals surface area contributed by atoms with E-state index in [9.17, 15) is 9.59 Å². The van der Waals surface area contributed by atoms with Gasteiger partial charge in [0.25, 0.3) is 5.91 Å². The van der Waals surface area contributed by atoms with E-state index in [0.717, 1.165) is 53.9 Å². The number of carbonyl (C=O) groups excluding carboxylic acids is 2. The number of imide groups is 1. The Morgan fingerprint density at radius 1 is 1.07 bits per heavy atom. The summed E-state index contributed by atoms with van der Waals surface area (Å²) in [6, 6.07) is 9.51. The third-order valence-electron chi connectivity index (χ3n) is 5.57. The summed E-state index contributed by atoms with van der Waals surface area (Å²) in [5.74, 6) is -0.187. The monoisotopic (exact) mass is 417 g/mol. The van der Waals surface area contributed by atoms with Gasteiger partial charge in [-0.25, -0.2) is 4.90 Å². The summed E-state index contributed by atoms with van der Waals surface area (Å²) in [4.78, 5) is 32.9. The summed E-state index contributed by atoms with van der Waals surface area (Å²) >= 11 is 7.63. The summed E-state index contributed by atoms with van der Waals surface area (Å²) < 4.78 is 0.815. The summed E-state index contributed by atoms with van der Waals surface area (Å²) in [5, 5.41) is 0. The van der Waals surface area contributed by atoms with Crippen LogP contribution in [0.2, 0.25) is 4.34 Å². The second kappa shape index (κ2) is 7.95. The van der Waals surface area contributed by atoms with Crippen LogP contribution in [-0.4, -0.2) is 53.8 Å². The van der Waals surface area contributed by atoms with Gasteiger partial charge in [-0.1, -0.05) is 29.3 Å². The van der Waals surface area contributed by atoms with Gasteiger partial charge in [0.2, 0.25) is 5.91 Å². The van der Waals surface area contributed by atoms with E-state index in [1.807, 2.05) is 38.1 Å². The number of rotatable bonds is 4. The number of nitrogens with zero attached hydrogens (tertiary/aromatic N) is 3. The molecule has 3 heterocycles. The van der Waals surface area contributed by atoms with Crippen LogP contribution in [0.3, 0.4) is 0 Å². The molecule has 1 aromatic carbocycles. The van der Waals surface area contributed by atoms with Crippen LogP contribution >= 0.6 is 22.9 Å². The molecular formula is C21H24ClN3O2S. The molecular weight excluding hydrogens is 394 g/mol. The lowest BCUT2D eigenvalue weighted by atomic mass is 10.1. The zero-order valence-electron chi connectivity index (χ0n) is 16.2. The highest BCUT2D eigenvalue weighted by Gasteiger charge is 2.43. The topological polar surface area (TPSA) is 43.9 Å². The van der Waals surface area contributed by atoms with Gasteiger partial charge in [0, 0.05) is 37.6 Å². The van der Waals surface area contributed by atoms with E-state index in [2.05, 4.69) is 15.9 Å². The Bertz CT molecular complexity index is 905. The summed E-state index contributed by atoms with van der Waals surface area (Å²) in [6.07, 6.45) is 0.271. The van der Waals surface area contributed by atoms with Crippen molar-refractivity contribution in [2.75, 3.05) is 31.1 Å². The summed E-state index contributed by atoms with van der Waals surface area (Å²) in [6.45, 7) is 8.21.